The summed E-state index contributed by atoms with van der Waals surface area (Å²) in [5.41, 5.74) is -0.0201. The number of anilines is 1. The minimum absolute atomic E-state index is 0.0532. The Morgan fingerprint density at radius 3 is 2.64 bits per heavy atom. The number of nitro groups is 1. The molecule has 2 N–H and O–H groups in total. The Kier molecular flexibility index (Phi) is 5.16. The maximum atomic E-state index is 11.7. The highest BCUT2D eigenvalue weighted by Gasteiger charge is 2.11. The lowest BCUT2D eigenvalue weighted by molar-refractivity contribution is -0.384. The molecule has 2 rings (SSSR count). The number of para-hydroxylation sites is 1. The number of urea groups is 1. The number of carbonyl (C=O) groups excluding carboxylic acids is 1. The molecule has 0 unspecified atom stereocenters. The minimum Gasteiger partial charge on any atom is -0.473 e. The normalized spacial score (nSPS) is 9.86. The molecule has 0 saturated heterocycles. The molecule has 114 valence electrons. The van der Waals surface area contributed by atoms with Gasteiger partial charge >= 0.3 is 6.03 Å². The van der Waals surface area contributed by atoms with Crippen LogP contribution in [0.4, 0.5) is 16.2 Å². The van der Waals surface area contributed by atoms with Gasteiger partial charge < -0.3 is 15.4 Å². The summed E-state index contributed by atoms with van der Waals surface area (Å²) in [7, 11) is 0. The van der Waals surface area contributed by atoms with E-state index in [1.165, 1.54) is 18.2 Å². The molecule has 22 heavy (non-hydrogen) atoms. The van der Waals surface area contributed by atoms with E-state index in [4.69, 9.17) is 16.3 Å². The number of nitro benzene ring substituents is 1. The molecule has 8 heteroatoms. The van der Waals surface area contributed by atoms with Crippen LogP contribution in [0.1, 0.15) is 0 Å². The molecule has 2 aromatic carbocycles. The molecule has 0 aromatic heterocycles. The summed E-state index contributed by atoms with van der Waals surface area (Å²) in [6.45, 7) is -0.0532. The van der Waals surface area contributed by atoms with Crippen LogP contribution in [0.2, 0.25) is 5.02 Å². The van der Waals surface area contributed by atoms with Crippen LogP contribution in [-0.2, 0) is 0 Å². The highest BCUT2D eigenvalue weighted by atomic mass is 35.5. The van der Waals surface area contributed by atoms with Gasteiger partial charge in [0.2, 0.25) is 0 Å². The number of non-ortho nitro benzene ring substituents is 1. The molecule has 7 nitrogen and oxygen atoms in total. The maximum Gasteiger partial charge on any atom is 0.321 e. The van der Waals surface area contributed by atoms with Gasteiger partial charge in [0.25, 0.3) is 5.69 Å². The van der Waals surface area contributed by atoms with E-state index in [0.29, 0.717) is 5.75 Å². The van der Waals surface area contributed by atoms with Crippen LogP contribution < -0.4 is 15.4 Å². The van der Waals surface area contributed by atoms with E-state index in [2.05, 4.69) is 10.6 Å². The summed E-state index contributed by atoms with van der Waals surface area (Å²) in [5, 5.41) is 15.8. The van der Waals surface area contributed by atoms with Crippen LogP contribution in [0.3, 0.4) is 0 Å². The zero-order valence-corrected chi connectivity index (χ0v) is 12.0. The first-order valence-electron chi connectivity index (χ1n) is 6.23. The fraction of sp³-hybridized carbons (Fsp3) is 0.0714. The van der Waals surface area contributed by atoms with Crippen LogP contribution in [0.25, 0.3) is 0 Å². The topological polar surface area (TPSA) is 93.5 Å². The standard InChI is InChI=1S/C14H12ClN3O4/c15-12-7-6-10(18(20)21)8-13(12)17-14(19)16-9-22-11-4-2-1-3-5-11/h1-8H,9H2,(H2,16,17,19). The molecule has 0 spiro atoms. The lowest BCUT2D eigenvalue weighted by atomic mass is 10.3. The molecule has 0 radical (unpaired) electrons. The van der Waals surface area contributed by atoms with Crippen LogP contribution in [0.5, 0.6) is 5.75 Å². The first kappa shape index (κ1) is 15.6. The van der Waals surface area contributed by atoms with Crippen LogP contribution >= 0.6 is 11.6 Å². The number of halogens is 1. The van der Waals surface area contributed by atoms with E-state index in [1.54, 1.807) is 24.3 Å². The van der Waals surface area contributed by atoms with E-state index >= 15 is 0 Å². The molecule has 0 saturated carbocycles. The Labute approximate surface area is 131 Å². The quantitative estimate of drug-likeness (QED) is 0.501. The SMILES string of the molecule is O=C(NCOc1ccccc1)Nc1cc([N+](=O)[O-])ccc1Cl. The Hall–Kier alpha value is -2.80. The zero-order chi connectivity index (χ0) is 15.9. The van der Waals surface area contributed by atoms with E-state index in [9.17, 15) is 14.9 Å². The second-order valence-corrected chi connectivity index (χ2v) is 4.56. The van der Waals surface area contributed by atoms with Crippen LogP contribution in [-0.4, -0.2) is 17.7 Å². The third-order valence-corrected chi connectivity index (χ3v) is 2.95. The average molecular weight is 322 g/mol. The van der Waals surface area contributed by atoms with Crippen LogP contribution in [0, 0.1) is 10.1 Å². The van der Waals surface area contributed by atoms with Crippen LogP contribution in [0.15, 0.2) is 48.5 Å². The lowest BCUT2D eigenvalue weighted by Gasteiger charge is -2.10. The van der Waals surface area contributed by atoms with Gasteiger partial charge in [-0.2, -0.15) is 0 Å². The summed E-state index contributed by atoms with van der Waals surface area (Å²) in [5.74, 6) is 0.608. The number of ether oxygens (including phenoxy) is 1. The van der Waals surface area contributed by atoms with Crippen molar-refractivity contribution in [3.05, 3.63) is 63.7 Å². The van der Waals surface area contributed by atoms with Gasteiger partial charge in [0.1, 0.15) is 5.75 Å². The van der Waals surface area contributed by atoms with Crippen molar-refractivity contribution in [1.82, 2.24) is 5.32 Å². The molecule has 0 heterocycles. The Morgan fingerprint density at radius 1 is 1.23 bits per heavy atom. The van der Waals surface area contributed by atoms with Gasteiger partial charge in [0.15, 0.2) is 6.73 Å². The fourth-order valence-corrected chi connectivity index (χ4v) is 1.76. The number of carbonyl (C=O) groups is 1. The van der Waals surface area contributed by atoms with Gasteiger partial charge in [-0.15, -0.1) is 0 Å². The predicted molar refractivity (Wildman–Crippen MR) is 82.2 cm³/mol. The summed E-state index contributed by atoms with van der Waals surface area (Å²) in [6.07, 6.45) is 0. The van der Waals surface area contributed by atoms with Crippen molar-refractivity contribution in [2.75, 3.05) is 12.0 Å². The third kappa shape index (κ3) is 4.35. The number of nitrogens with one attached hydrogen (secondary N) is 2. The first-order chi connectivity index (χ1) is 10.6. The number of hydrogen-bond donors (Lipinski definition) is 2. The summed E-state index contributed by atoms with van der Waals surface area (Å²) >= 11 is 5.88. The number of amides is 2. The van der Waals surface area contributed by atoms with Gasteiger partial charge in [-0.25, -0.2) is 4.79 Å². The summed E-state index contributed by atoms with van der Waals surface area (Å²) < 4.78 is 5.29. The molecule has 0 aliphatic carbocycles. The van der Waals surface area contributed by atoms with Crippen molar-refractivity contribution < 1.29 is 14.5 Å². The number of benzene rings is 2. The molecule has 0 atom stereocenters. The lowest BCUT2D eigenvalue weighted by Crippen LogP contribution is -2.32. The van der Waals surface area contributed by atoms with Crippen molar-refractivity contribution in [3.63, 3.8) is 0 Å². The van der Waals surface area contributed by atoms with E-state index in [1.807, 2.05) is 6.07 Å². The Bertz CT molecular complexity index is 679. The molecule has 0 fully saturated rings. The van der Waals surface area contributed by atoms with Crippen molar-refractivity contribution in [1.29, 1.82) is 0 Å². The number of nitrogens with zero attached hydrogens (tertiary/aromatic N) is 1. The second-order valence-electron chi connectivity index (χ2n) is 4.15. The van der Waals surface area contributed by atoms with Gasteiger partial charge in [-0.3, -0.25) is 10.1 Å². The molecule has 2 aromatic rings. The minimum atomic E-state index is -0.585. The Morgan fingerprint density at radius 2 is 1.95 bits per heavy atom. The van der Waals surface area contributed by atoms with Gasteiger partial charge in [0.05, 0.1) is 15.6 Å². The molecule has 0 aliphatic rings. The van der Waals surface area contributed by atoms with Crippen molar-refractivity contribution in [2.45, 2.75) is 0 Å². The fourth-order valence-electron chi connectivity index (χ4n) is 1.59. The smallest absolute Gasteiger partial charge is 0.321 e. The first-order valence-corrected chi connectivity index (χ1v) is 6.60. The van der Waals surface area contributed by atoms with Gasteiger partial charge in [0, 0.05) is 12.1 Å². The molecule has 2 amide bonds. The molecular weight excluding hydrogens is 310 g/mol. The van der Waals surface area contributed by atoms with Crippen molar-refractivity contribution >= 4 is 29.0 Å². The zero-order valence-electron chi connectivity index (χ0n) is 11.3. The van der Waals surface area contributed by atoms with E-state index in [-0.39, 0.29) is 23.1 Å². The maximum absolute atomic E-state index is 11.7. The highest BCUT2D eigenvalue weighted by molar-refractivity contribution is 6.33. The van der Waals surface area contributed by atoms with Gasteiger partial charge in [-0.1, -0.05) is 29.8 Å². The summed E-state index contributed by atoms with van der Waals surface area (Å²) in [4.78, 5) is 21.8. The highest BCUT2D eigenvalue weighted by Crippen LogP contribution is 2.26. The molecular formula is C14H12ClN3O4. The van der Waals surface area contributed by atoms with Gasteiger partial charge in [-0.05, 0) is 18.2 Å². The number of hydrogen-bond acceptors (Lipinski definition) is 4. The largest absolute Gasteiger partial charge is 0.473 e. The Balaban J connectivity index is 1.89. The predicted octanol–water partition coefficient (Wildman–Crippen LogP) is 3.41. The van der Waals surface area contributed by atoms with E-state index < -0.39 is 11.0 Å². The average Bonchev–Trinajstić information content (AvgIpc) is 2.50. The second kappa shape index (κ2) is 7.28. The summed E-state index contributed by atoms with van der Waals surface area (Å²) in [6, 6.07) is 12.1. The van der Waals surface area contributed by atoms with Crippen molar-refractivity contribution in [2.24, 2.45) is 0 Å². The molecule has 0 bridgehead atoms. The monoisotopic (exact) mass is 321 g/mol. The van der Waals surface area contributed by atoms with Crippen molar-refractivity contribution in [3.8, 4) is 5.75 Å². The van der Waals surface area contributed by atoms with E-state index in [0.717, 1.165) is 0 Å². The third-order valence-electron chi connectivity index (χ3n) is 2.62. The molecule has 0 aliphatic heterocycles. The number of rotatable bonds is 5.